The summed E-state index contributed by atoms with van der Waals surface area (Å²) in [7, 11) is -2.24. The van der Waals surface area contributed by atoms with Gasteiger partial charge in [0.25, 0.3) is 5.91 Å². The Balaban J connectivity index is 2.01. The van der Waals surface area contributed by atoms with E-state index in [9.17, 15) is 22.0 Å². The minimum Gasteiger partial charge on any atom is -0.474 e. The number of anilines is 1. The molecule has 1 atom stereocenters. The Labute approximate surface area is 148 Å². The van der Waals surface area contributed by atoms with E-state index in [1.165, 1.54) is 20.2 Å². The molecule has 2 heterocycles. The lowest BCUT2D eigenvalue weighted by Crippen LogP contribution is -2.55. The van der Waals surface area contributed by atoms with E-state index in [2.05, 4.69) is 9.97 Å². The van der Waals surface area contributed by atoms with E-state index >= 15 is 0 Å². The molecule has 1 aromatic heterocycles. The van der Waals surface area contributed by atoms with Gasteiger partial charge < -0.3 is 4.74 Å². The summed E-state index contributed by atoms with van der Waals surface area (Å²) in [5.41, 5.74) is -1.03. The second kappa shape index (κ2) is 5.97. The summed E-state index contributed by atoms with van der Waals surface area (Å²) in [6, 6.07) is 2.78. The Bertz CT molecular complexity index is 1010. The molecule has 3 rings (SSSR count). The van der Waals surface area contributed by atoms with Crippen LogP contribution < -0.4 is 9.64 Å². The van der Waals surface area contributed by atoms with Crippen LogP contribution in [0.1, 0.15) is 12.5 Å². The molecule has 0 fully saturated rings. The van der Waals surface area contributed by atoms with E-state index in [0.717, 1.165) is 23.3 Å². The number of benzene rings is 1. The number of nitrogens with zero attached hydrogens (tertiary/aromatic N) is 3. The molecule has 1 aromatic carbocycles. The largest absolute Gasteiger partial charge is 0.474 e. The first-order valence-corrected chi connectivity index (χ1v) is 9.38. The highest BCUT2D eigenvalue weighted by Gasteiger charge is 2.45. The Morgan fingerprint density at radius 2 is 2.00 bits per heavy atom. The Kier molecular flexibility index (Phi) is 4.18. The number of hydrogen-bond donors (Lipinski definition) is 0. The Morgan fingerprint density at radius 1 is 1.31 bits per heavy atom. The van der Waals surface area contributed by atoms with Crippen LogP contribution in [0.25, 0.3) is 0 Å². The number of halogens is 2. The first kappa shape index (κ1) is 18.2. The molecule has 26 heavy (non-hydrogen) atoms. The van der Waals surface area contributed by atoms with Gasteiger partial charge in [-0.15, -0.1) is 0 Å². The molecule has 0 radical (unpaired) electrons. The van der Waals surface area contributed by atoms with E-state index in [1.807, 2.05) is 0 Å². The van der Waals surface area contributed by atoms with Crippen LogP contribution in [0.15, 0.2) is 29.6 Å². The molecule has 1 unspecified atom stereocenters. The van der Waals surface area contributed by atoms with Crippen molar-refractivity contribution in [1.29, 1.82) is 0 Å². The molecule has 0 saturated heterocycles. The van der Waals surface area contributed by atoms with Gasteiger partial charge in [-0.2, -0.15) is 0 Å². The van der Waals surface area contributed by atoms with Crippen LogP contribution in [0, 0.1) is 11.6 Å². The number of likely N-dealkylation sites (N-methyl/N-ethyl adjacent to an activating group) is 1. The third-order valence-corrected chi connectivity index (χ3v) is 4.84. The summed E-state index contributed by atoms with van der Waals surface area (Å²) >= 11 is 0. The number of rotatable bonds is 3. The molecular weight excluding hydrogens is 368 g/mol. The third-order valence-electron chi connectivity index (χ3n) is 3.98. The average molecular weight is 383 g/mol. The van der Waals surface area contributed by atoms with Crippen LogP contribution in [-0.2, 0) is 21.1 Å². The van der Waals surface area contributed by atoms with Crippen molar-refractivity contribution in [2.24, 2.45) is 0 Å². The maximum absolute atomic E-state index is 13.9. The number of sulfone groups is 1. The van der Waals surface area contributed by atoms with Crippen LogP contribution >= 0.6 is 0 Å². The Hall–Kier alpha value is -2.62. The highest BCUT2D eigenvalue weighted by atomic mass is 32.2. The van der Waals surface area contributed by atoms with Gasteiger partial charge in [0, 0.05) is 37.6 Å². The van der Waals surface area contributed by atoms with Gasteiger partial charge in [-0.25, -0.2) is 27.2 Å². The summed E-state index contributed by atoms with van der Waals surface area (Å²) in [6.07, 6.45) is 2.25. The summed E-state index contributed by atoms with van der Waals surface area (Å²) in [6.45, 7) is 1.46. The number of amides is 1. The fraction of sp³-hybridized carbons (Fsp3) is 0.312. The van der Waals surface area contributed by atoms with Crippen LogP contribution in [0.5, 0.6) is 5.75 Å². The maximum atomic E-state index is 13.9. The van der Waals surface area contributed by atoms with Crippen molar-refractivity contribution < 1.29 is 26.7 Å². The maximum Gasteiger partial charge on any atom is 0.272 e. The highest BCUT2D eigenvalue weighted by Crippen LogP contribution is 2.34. The monoisotopic (exact) mass is 383 g/mol. The normalized spacial score (nSPS) is 20.0. The van der Waals surface area contributed by atoms with Crippen LogP contribution in [-0.4, -0.2) is 43.2 Å². The highest BCUT2D eigenvalue weighted by molar-refractivity contribution is 7.90. The molecular formula is C16H15F2N3O4S. The van der Waals surface area contributed by atoms with Crippen molar-refractivity contribution in [2.45, 2.75) is 24.1 Å². The van der Waals surface area contributed by atoms with E-state index in [1.54, 1.807) is 0 Å². The smallest absolute Gasteiger partial charge is 0.272 e. The van der Waals surface area contributed by atoms with Gasteiger partial charge in [0.05, 0.1) is 0 Å². The number of fused-ring (bicyclic) bond motifs is 1. The van der Waals surface area contributed by atoms with Crippen molar-refractivity contribution in [3.63, 3.8) is 0 Å². The second-order valence-corrected chi connectivity index (χ2v) is 8.13. The number of carbonyl (C=O) groups excluding carboxylic acids is 1. The summed E-state index contributed by atoms with van der Waals surface area (Å²) < 4.78 is 55.7. The minimum atomic E-state index is -3.64. The zero-order valence-electron chi connectivity index (χ0n) is 14.2. The average Bonchev–Trinajstić information content (AvgIpc) is 2.54. The predicted octanol–water partition coefficient (Wildman–Crippen LogP) is 1.51. The van der Waals surface area contributed by atoms with Crippen molar-refractivity contribution in [3.05, 3.63) is 41.6 Å². The van der Waals surface area contributed by atoms with E-state index < -0.39 is 38.1 Å². The van der Waals surface area contributed by atoms with E-state index in [-0.39, 0.29) is 18.0 Å². The van der Waals surface area contributed by atoms with Crippen molar-refractivity contribution in [1.82, 2.24) is 9.97 Å². The van der Waals surface area contributed by atoms with Gasteiger partial charge in [0.15, 0.2) is 17.2 Å². The van der Waals surface area contributed by atoms with Gasteiger partial charge in [0.1, 0.15) is 11.6 Å². The molecule has 7 nitrogen and oxygen atoms in total. The fourth-order valence-electron chi connectivity index (χ4n) is 2.75. The quantitative estimate of drug-likeness (QED) is 0.747. The number of aromatic nitrogens is 2. The van der Waals surface area contributed by atoms with Crippen molar-refractivity contribution >= 4 is 21.6 Å². The Morgan fingerprint density at radius 3 is 2.62 bits per heavy atom. The second-order valence-electron chi connectivity index (χ2n) is 6.22. The first-order valence-electron chi connectivity index (χ1n) is 7.49. The molecule has 138 valence electrons. The zero-order chi connectivity index (χ0) is 19.3. The minimum absolute atomic E-state index is 0.00757. The van der Waals surface area contributed by atoms with Crippen molar-refractivity contribution in [2.75, 3.05) is 18.2 Å². The van der Waals surface area contributed by atoms with Crippen LogP contribution in [0.3, 0.4) is 0 Å². The SMILES string of the molecule is CN1C(=O)C(C)(Oc2ccc(F)cc2F)Cc2cnc(S(C)(=O)=O)nc21. The van der Waals surface area contributed by atoms with Gasteiger partial charge in [-0.05, 0) is 19.1 Å². The summed E-state index contributed by atoms with van der Waals surface area (Å²) in [5, 5.41) is -0.398. The van der Waals surface area contributed by atoms with E-state index in [4.69, 9.17) is 4.74 Å². The van der Waals surface area contributed by atoms with Crippen LogP contribution in [0.4, 0.5) is 14.6 Å². The van der Waals surface area contributed by atoms with Gasteiger partial charge in [-0.3, -0.25) is 9.69 Å². The molecule has 1 aliphatic heterocycles. The van der Waals surface area contributed by atoms with Gasteiger partial charge in [0.2, 0.25) is 15.0 Å². The molecule has 0 aliphatic carbocycles. The summed E-state index contributed by atoms with van der Waals surface area (Å²) in [5.74, 6) is -2.37. The molecule has 0 saturated carbocycles. The molecule has 10 heteroatoms. The number of hydrogen-bond acceptors (Lipinski definition) is 6. The fourth-order valence-corrected chi connectivity index (χ4v) is 3.24. The topological polar surface area (TPSA) is 89.5 Å². The molecule has 0 bridgehead atoms. The molecule has 1 amide bonds. The predicted molar refractivity (Wildman–Crippen MR) is 87.6 cm³/mol. The lowest BCUT2D eigenvalue weighted by molar-refractivity contribution is -0.133. The standard InChI is InChI=1S/C16H15F2N3O4S/c1-16(25-12-5-4-10(17)6-11(12)18)7-9-8-19-15(26(3,23)24)20-13(9)21(2)14(16)22/h4-6,8H,7H2,1-3H3. The van der Waals surface area contributed by atoms with Gasteiger partial charge in [-0.1, -0.05) is 0 Å². The molecule has 1 aliphatic rings. The van der Waals surface area contributed by atoms with E-state index in [0.29, 0.717) is 11.6 Å². The number of ether oxygens (including phenoxy) is 1. The van der Waals surface area contributed by atoms with Crippen molar-refractivity contribution in [3.8, 4) is 5.75 Å². The molecule has 2 aromatic rings. The zero-order valence-corrected chi connectivity index (χ0v) is 15.0. The number of carbonyl (C=O) groups is 1. The molecule has 0 spiro atoms. The summed E-state index contributed by atoms with van der Waals surface area (Å²) in [4.78, 5) is 21.6. The third kappa shape index (κ3) is 3.12. The van der Waals surface area contributed by atoms with Gasteiger partial charge >= 0.3 is 0 Å². The molecule has 0 N–H and O–H groups in total. The lowest BCUT2D eigenvalue weighted by atomic mass is 9.91. The van der Waals surface area contributed by atoms with Crippen LogP contribution in [0.2, 0.25) is 0 Å². The first-order chi connectivity index (χ1) is 12.0. The lowest BCUT2D eigenvalue weighted by Gasteiger charge is -2.37.